The maximum Gasteiger partial charge on any atom is 0.258 e. The molecule has 154 valence electrons. The van der Waals surface area contributed by atoms with Crippen molar-refractivity contribution in [1.29, 1.82) is 0 Å². The van der Waals surface area contributed by atoms with E-state index in [0.29, 0.717) is 25.3 Å². The summed E-state index contributed by atoms with van der Waals surface area (Å²) < 4.78 is 11.1. The number of amides is 1. The van der Waals surface area contributed by atoms with Crippen LogP contribution in [0, 0.1) is 0 Å². The van der Waals surface area contributed by atoms with Crippen LogP contribution >= 0.6 is 0 Å². The maximum atomic E-state index is 13.6. The summed E-state index contributed by atoms with van der Waals surface area (Å²) >= 11 is 0. The lowest BCUT2D eigenvalue weighted by atomic mass is 9.92. The lowest BCUT2D eigenvalue weighted by Crippen LogP contribution is -2.55. The average Bonchev–Trinajstić information content (AvgIpc) is 2.78. The number of nitrogens with one attached hydrogen (secondary N) is 1. The SMILES string of the molecule is COCCOc1ccccc1C1(C)Nc2ccccc2C(=O)N1Cc1ccccc1. The van der Waals surface area contributed by atoms with Gasteiger partial charge in [0.05, 0.1) is 12.2 Å². The Morgan fingerprint density at radius 1 is 0.900 bits per heavy atom. The number of carbonyl (C=O) groups is 1. The first-order valence-corrected chi connectivity index (χ1v) is 10.1. The van der Waals surface area contributed by atoms with Crippen LogP contribution in [0.15, 0.2) is 78.9 Å². The highest BCUT2D eigenvalue weighted by atomic mass is 16.5. The quantitative estimate of drug-likeness (QED) is 0.585. The molecule has 1 unspecified atom stereocenters. The zero-order valence-corrected chi connectivity index (χ0v) is 17.3. The molecule has 0 spiro atoms. The van der Waals surface area contributed by atoms with E-state index in [1.54, 1.807) is 7.11 Å². The van der Waals surface area contributed by atoms with Crippen LogP contribution in [-0.2, 0) is 16.9 Å². The maximum absolute atomic E-state index is 13.6. The minimum absolute atomic E-state index is 0.0117. The second-order valence-electron chi connectivity index (χ2n) is 7.46. The summed E-state index contributed by atoms with van der Waals surface area (Å²) in [6.45, 7) is 3.44. The predicted octanol–water partition coefficient (Wildman–Crippen LogP) is 4.65. The van der Waals surface area contributed by atoms with Gasteiger partial charge in [-0.25, -0.2) is 0 Å². The molecule has 0 saturated carbocycles. The molecule has 5 heteroatoms. The lowest BCUT2D eigenvalue weighted by molar-refractivity contribution is 0.0500. The number of para-hydroxylation sites is 2. The molecule has 1 amide bonds. The van der Waals surface area contributed by atoms with Gasteiger partial charge in [-0.1, -0.05) is 60.7 Å². The minimum Gasteiger partial charge on any atom is -0.491 e. The topological polar surface area (TPSA) is 50.8 Å². The summed E-state index contributed by atoms with van der Waals surface area (Å²) in [5.41, 5.74) is 2.67. The van der Waals surface area contributed by atoms with E-state index in [2.05, 4.69) is 5.32 Å². The number of fused-ring (bicyclic) bond motifs is 1. The van der Waals surface area contributed by atoms with Crippen molar-refractivity contribution in [2.75, 3.05) is 25.6 Å². The fourth-order valence-corrected chi connectivity index (χ4v) is 3.90. The fourth-order valence-electron chi connectivity index (χ4n) is 3.90. The molecule has 0 bridgehead atoms. The number of nitrogens with zero attached hydrogens (tertiary/aromatic N) is 1. The van der Waals surface area contributed by atoms with E-state index in [-0.39, 0.29) is 5.91 Å². The first-order valence-electron chi connectivity index (χ1n) is 10.1. The van der Waals surface area contributed by atoms with Crippen LogP contribution in [0.5, 0.6) is 5.75 Å². The molecule has 4 rings (SSSR count). The van der Waals surface area contributed by atoms with Crippen molar-refractivity contribution in [2.24, 2.45) is 0 Å². The van der Waals surface area contributed by atoms with E-state index in [1.807, 2.05) is 90.7 Å². The molecular formula is C25H26N2O3. The summed E-state index contributed by atoms with van der Waals surface area (Å²) in [5, 5.41) is 3.62. The van der Waals surface area contributed by atoms with E-state index >= 15 is 0 Å². The van der Waals surface area contributed by atoms with Gasteiger partial charge in [0, 0.05) is 24.9 Å². The van der Waals surface area contributed by atoms with E-state index in [4.69, 9.17) is 9.47 Å². The molecule has 30 heavy (non-hydrogen) atoms. The van der Waals surface area contributed by atoms with E-state index < -0.39 is 5.66 Å². The van der Waals surface area contributed by atoms with Crippen LogP contribution in [0.25, 0.3) is 0 Å². The Labute approximate surface area is 177 Å². The molecule has 0 radical (unpaired) electrons. The molecular weight excluding hydrogens is 376 g/mol. The number of methoxy groups -OCH3 is 1. The fraction of sp³-hybridized carbons (Fsp3) is 0.240. The predicted molar refractivity (Wildman–Crippen MR) is 118 cm³/mol. The number of benzene rings is 3. The third-order valence-corrected chi connectivity index (χ3v) is 5.46. The Morgan fingerprint density at radius 2 is 1.60 bits per heavy atom. The van der Waals surface area contributed by atoms with Crippen LogP contribution in [0.2, 0.25) is 0 Å². The molecule has 0 fully saturated rings. The summed E-state index contributed by atoms with van der Waals surface area (Å²) in [5.74, 6) is 0.720. The largest absolute Gasteiger partial charge is 0.491 e. The zero-order valence-electron chi connectivity index (χ0n) is 17.3. The number of hydrogen-bond acceptors (Lipinski definition) is 4. The minimum atomic E-state index is -0.787. The highest BCUT2D eigenvalue weighted by Gasteiger charge is 2.43. The molecule has 3 aromatic carbocycles. The van der Waals surface area contributed by atoms with Crippen molar-refractivity contribution >= 4 is 11.6 Å². The smallest absolute Gasteiger partial charge is 0.258 e. The van der Waals surface area contributed by atoms with E-state index in [0.717, 1.165) is 22.6 Å². The molecule has 1 heterocycles. The van der Waals surface area contributed by atoms with Gasteiger partial charge < -0.3 is 19.7 Å². The summed E-state index contributed by atoms with van der Waals surface area (Å²) in [7, 11) is 1.65. The van der Waals surface area contributed by atoms with Gasteiger partial charge in [0.15, 0.2) is 0 Å². The lowest BCUT2D eigenvalue weighted by Gasteiger charge is -2.47. The van der Waals surface area contributed by atoms with Crippen molar-refractivity contribution < 1.29 is 14.3 Å². The van der Waals surface area contributed by atoms with Gasteiger partial charge in [-0.3, -0.25) is 4.79 Å². The van der Waals surface area contributed by atoms with Gasteiger partial charge in [0.1, 0.15) is 18.0 Å². The average molecular weight is 402 g/mol. The van der Waals surface area contributed by atoms with Gasteiger partial charge in [-0.15, -0.1) is 0 Å². The van der Waals surface area contributed by atoms with E-state index in [9.17, 15) is 4.79 Å². The van der Waals surface area contributed by atoms with Crippen LogP contribution in [0.4, 0.5) is 5.69 Å². The Morgan fingerprint density at radius 3 is 2.40 bits per heavy atom. The summed E-state index contributed by atoms with van der Waals surface area (Å²) in [6, 6.07) is 25.5. The summed E-state index contributed by atoms with van der Waals surface area (Å²) in [4.78, 5) is 15.5. The Balaban J connectivity index is 1.79. The third-order valence-electron chi connectivity index (χ3n) is 5.46. The van der Waals surface area contributed by atoms with Crippen molar-refractivity contribution in [3.8, 4) is 5.75 Å². The van der Waals surface area contributed by atoms with Crippen LogP contribution in [0.1, 0.15) is 28.4 Å². The van der Waals surface area contributed by atoms with Crippen LogP contribution < -0.4 is 10.1 Å². The molecule has 5 nitrogen and oxygen atoms in total. The van der Waals surface area contributed by atoms with E-state index in [1.165, 1.54) is 0 Å². The van der Waals surface area contributed by atoms with Crippen LogP contribution in [0.3, 0.4) is 0 Å². The Bertz CT molecular complexity index is 1020. The molecule has 1 N–H and O–H groups in total. The first kappa shape index (κ1) is 20.0. The Kier molecular flexibility index (Phi) is 5.72. The highest BCUT2D eigenvalue weighted by molar-refractivity contribution is 6.02. The van der Waals surface area contributed by atoms with Crippen molar-refractivity contribution in [1.82, 2.24) is 4.90 Å². The monoisotopic (exact) mass is 402 g/mol. The molecule has 0 saturated heterocycles. The highest BCUT2D eigenvalue weighted by Crippen LogP contribution is 2.42. The zero-order chi connectivity index (χ0) is 21.0. The number of anilines is 1. The molecule has 0 aromatic heterocycles. The number of rotatable bonds is 7. The molecule has 3 aromatic rings. The molecule has 1 aliphatic rings. The van der Waals surface area contributed by atoms with Gasteiger partial charge in [-0.2, -0.15) is 0 Å². The normalized spacial score (nSPS) is 17.9. The van der Waals surface area contributed by atoms with Gasteiger partial charge >= 0.3 is 0 Å². The van der Waals surface area contributed by atoms with Crippen molar-refractivity contribution in [3.05, 3.63) is 95.6 Å². The first-order chi connectivity index (χ1) is 14.6. The summed E-state index contributed by atoms with van der Waals surface area (Å²) in [6.07, 6.45) is 0. The number of ether oxygens (including phenoxy) is 2. The number of hydrogen-bond donors (Lipinski definition) is 1. The molecule has 1 aliphatic heterocycles. The second kappa shape index (κ2) is 8.59. The van der Waals surface area contributed by atoms with Gasteiger partial charge in [0.2, 0.25) is 0 Å². The van der Waals surface area contributed by atoms with Gasteiger partial charge in [-0.05, 0) is 30.7 Å². The second-order valence-corrected chi connectivity index (χ2v) is 7.46. The van der Waals surface area contributed by atoms with Crippen molar-refractivity contribution in [2.45, 2.75) is 19.1 Å². The standard InChI is InChI=1S/C25H26N2O3/c1-25(21-13-7-9-15-23(21)30-17-16-29-2)26-22-14-8-6-12-20(22)24(28)27(25)18-19-10-4-3-5-11-19/h3-15,26H,16-18H2,1-2H3. The Hall–Kier alpha value is -3.31. The van der Waals surface area contributed by atoms with Crippen molar-refractivity contribution in [3.63, 3.8) is 0 Å². The molecule has 1 atom stereocenters. The van der Waals surface area contributed by atoms with Crippen LogP contribution in [-0.4, -0.2) is 31.1 Å². The van der Waals surface area contributed by atoms with Gasteiger partial charge in [0.25, 0.3) is 5.91 Å². The third kappa shape index (κ3) is 3.76. The number of carbonyl (C=O) groups excluding carboxylic acids is 1. The molecule has 0 aliphatic carbocycles.